The Morgan fingerprint density at radius 3 is 2.75 bits per heavy atom. The maximum atomic E-state index is 13.0. The highest BCUT2D eigenvalue weighted by Gasteiger charge is 2.07. The lowest BCUT2D eigenvalue weighted by atomic mass is 10.3. The number of halogens is 2. The Morgan fingerprint density at radius 2 is 2.19 bits per heavy atom. The molecule has 0 aliphatic rings. The van der Waals surface area contributed by atoms with E-state index in [9.17, 15) is 4.39 Å². The van der Waals surface area contributed by atoms with Gasteiger partial charge in [-0.1, -0.05) is 15.9 Å². The van der Waals surface area contributed by atoms with Crippen molar-refractivity contribution in [2.45, 2.75) is 13.0 Å². The first-order valence-electron chi connectivity index (χ1n) is 5.06. The molecule has 0 bridgehead atoms. The second-order valence-corrected chi connectivity index (χ2v) is 4.14. The minimum absolute atomic E-state index is 0.160. The fourth-order valence-electron chi connectivity index (χ4n) is 1.22. The van der Waals surface area contributed by atoms with Crippen LogP contribution in [0.3, 0.4) is 0 Å². The second kappa shape index (κ2) is 6.83. The van der Waals surface area contributed by atoms with Gasteiger partial charge in [0, 0.05) is 23.7 Å². The SMILES string of the molecule is CCOC(CN)COc1cc(F)cc(Br)c1. The third-order valence-electron chi connectivity index (χ3n) is 1.94. The molecule has 0 saturated carbocycles. The van der Waals surface area contributed by atoms with Crippen molar-refractivity contribution in [3.05, 3.63) is 28.5 Å². The van der Waals surface area contributed by atoms with Crippen LogP contribution in [0.25, 0.3) is 0 Å². The molecular formula is C11H15BrFNO2. The highest BCUT2D eigenvalue weighted by molar-refractivity contribution is 9.10. The number of rotatable bonds is 6. The molecule has 1 unspecified atom stereocenters. The number of nitrogens with two attached hydrogens (primary N) is 1. The third-order valence-corrected chi connectivity index (χ3v) is 2.40. The van der Waals surface area contributed by atoms with E-state index in [1.54, 1.807) is 6.07 Å². The van der Waals surface area contributed by atoms with Gasteiger partial charge in [0.2, 0.25) is 0 Å². The van der Waals surface area contributed by atoms with Crippen molar-refractivity contribution in [1.29, 1.82) is 0 Å². The molecule has 3 nitrogen and oxygen atoms in total. The highest BCUT2D eigenvalue weighted by atomic mass is 79.9. The summed E-state index contributed by atoms with van der Waals surface area (Å²) in [7, 11) is 0. The second-order valence-electron chi connectivity index (χ2n) is 3.23. The maximum absolute atomic E-state index is 13.0. The van der Waals surface area contributed by atoms with Crippen LogP contribution >= 0.6 is 15.9 Å². The first-order chi connectivity index (χ1) is 7.65. The monoisotopic (exact) mass is 291 g/mol. The molecule has 0 aliphatic heterocycles. The van der Waals surface area contributed by atoms with Crippen LogP contribution in [0.5, 0.6) is 5.75 Å². The Balaban J connectivity index is 2.52. The Labute approximate surface area is 103 Å². The summed E-state index contributed by atoms with van der Waals surface area (Å²) in [6.07, 6.45) is -0.160. The molecular weight excluding hydrogens is 277 g/mol. The predicted octanol–water partition coefficient (Wildman–Crippen LogP) is 2.33. The summed E-state index contributed by atoms with van der Waals surface area (Å²) in [5.41, 5.74) is 5.49. The van der Waals surface area contributed by atoms with Crippen LogP contribution in [0, 0.1) is 5.82 Å². The molecule has 5 heteroatoms. The van der Waals surface area contributed by atoms with Crippen LogP contribution in [0.1, 0.15) is 6.92 Å². The summed E-state index contributed by atoms with van der Waals surface area (Å²) in [5, 5.41) is 0. The first-order valence-corrected chi connectivity index (χ1v) is 5.85. The quantitative estimate of drug-likeness (QED) is 0.875. The van der Waals surface area contributed by atoms with Crippen LogP contribution in [0.4, 0.5) is 4.39 Å². The fraction of sp³-hybridized carbons (Fsp3) is 0.455. The van der Waals surface area contributed by atoms with Gasteiger partial charge < -0.3 is 15.2 Å². The van der Waals surface area contributed by atoms with Crippen molar-refractivity contribution in [3.8, 4) is 5.75 Å². The molecule has 0 heterocycles. The van der Waals surface area contributed by atoms with Gasteiger partial charge in [-0.2, -0.15) is 0 Å². The van der Waals surface area contributed by atoms with Gasteiger partial charge in [0.15, 0.2) is 0 Å². The number of benzene rings is 1. The van der Waals surface area contributed by atoms with Gasteiger partial charge in [0.05, 0.1) is 0 Å². The van der Waals surface area contributed by atoms with Crippen LogP contribution in [-0.2, 0) is 4.74 Å². The molecule has 2 N–H and O–H groups in total. The van der Waals surface area contributed by atoms with Gasteiger partial charge in [-0.3, -0.25) is 0 Å². The van der Waals surface area contributed by atoms with E-state index in [0.717, 1.165) is 0 Å². The highest BCUT2D eigenvalue weighted by Crippen LogP contribution is 2.20. The maximum Gasteiger partial charge on any atom is 0.128 e. The molecule has 1 aromatic carbocycles. The van der Waals surface area contributed by atoms with E-state index in [1.807, 2.05) is 6.92 Å². The van der Waals surface area contributed by atoms with Crippen LogP contribution < -0.4 is 10.5 Å². The lowest BCUT2D eigenvalue weighted by Gasteiger charge is -2.15. The lowest BCUT2D eigenvalue weighted by Crippen LogP contribution is -2.30. The minimum Gasteiger partial charge on any atom is -0.491 e. The summed E-state index contributed by atoms with van der Waals surface area (Å²) in [6, 6.07) is 4.39. The summed E-state index contributed by atoms with van der Waals surface area (Å²) >= 11 is 3.19. The molecule has 1 atom stereocenters. The topological polar surface area (TPSA) is 44.5 Å². The van der Waals surface area contributed by atoms with Gasteiger partial charge in [-0.05, 0) is 19.1 Å². The fourth-order valence-corrected chi connectivity index (χ4v) is 1.67. The van der Waals surface area contributed by atoms with Gasteiger partial charge in [0.1, 0.15) is 24.3 Å². The molecule has 0 aromatic heterocycles. The third kappa shape index (κ3) is 4.47. The molecule has 0 radical (unpaired) electrons. The average Bonchev–Trinajstić information content (AvgIpc) is 2.23. The average molecular weight is 292 g/mol. The normalized spacial score (nSPS) is 12.5. The van der Waals surface area contributed by atoms with Crippen LogP contribution in [-0.4, -0.2) is 25.9 Å². The summed E-state index contributed by atoms with van der Waals surface area (Å²) < 4.78 is 24.4. The Bertz CT molecular complexity index is 316. The Hall–Kier alpha value is -0.650. The van der Waals surface area contributed by atoms with Crippen molar-refractivity contribution in [1.82, 2.24) is 0 Å². The van der Waals surface area contributed by atoms with E-state index in [1.165, 1.54) is 12.1 Å². The lowest BCUT2D eigenvalue weighted by molar-refractivity contribution is 0.0336. The van der Waals surface area contributed by atoms with Crippen molar-refractivity contribution < 1.29 is 13.9 Å². The molecule has 0 amide bonds. The predicted molar refractivity (Wildman–Crippen MR) is 64.1 cm³/mol. The smallest absolute Gasteiger partial charge is 0.128 e. The minimum atomic E-state index is -0.343. The molecule has 0 spiro atoms. The van der Waals surface area contributed by atoms with E-state index < -0.39 is 0 Å². The summed E-state index contributed by atoms with van der Waals surface area (Å²) in [4.78, 5) is 0. The van der Waals surface area contributed by atoms with E-state index in [4.69, 9.17) is 15.2 Å². The number of hydrogen-bond acceptors (Lipinski definition) is 3. The van der Waals surface area contributed by atoms with Crippen LogP contribution in [0.2, 0.25) is 0 Å². The zero-order valence-corrected chi connectivity index (χ0v) is 10.7. The summed E-state index contributed by atoms with van der Waals surface area (Å²) in [5.74, 6) is 0.120. The van der Waals surface area contributed by atoms with Gasteiger partial charge in [0.25, 0.3) is 0 Å². The molecule has 90 valence electrons. The molecule has 1 aromatic rings. The number of hydrogen-bond donors (Lipinski definition) is 1. The van der Waals surface area contributed by atoms with E-state index >= 15 is 0 Å². The van der Waals surface area contributed by atoms with Crippen LogP contribution in [0.15, 0.2) is 22.7 Å². The molecule has 1 rings (SSSR count). The zero-order valence-electron chi connectivity index (χ0n) is 9.08. The van der Waals surface area contributed by atoms with Crippen molar-refractivity contribution in [3.63, 3.8) is 0 Å². The zero-order chi connectivity index (χ0) is 12.0. The van der Waals surface area contributed by atoms with E-state index in [2.05, 4.69) is 15.9 Å². The first kappa shape index (κ1) is 13.4. The van der Waals surface area contributed by atoms with Gasteiger partial charge >= 0.3 is 0 Å². The van der Waals surface area contributed by atoms with Crippen molar-refractivity contribution >= 4 is 15.9 Å². The Kier molecular flexibility index (Phi) is 5.73. The largest absolute Gasteiger partial charge is 0.491 e. The molecule has 0 saturated heterocycles. The standard InChI is InChI=1S/C11H15BrFNO2/c1-2-15-11(6-14)7-16-10-4-8(12)3-9(13)5-10/h3-5,11H,2,6-7,14H2,1H3. The van der Waals surface area contributed by atoms with Crippen molar-refractivity contribution in [2.24, 2.45) is 5.73 Å². The molecule has 16 heavy (non-hydrogen) atoms. The Morgan fingerprint density at radius 1 is 1.44 bits per heavy atom. The summed E-state index contributed by atoms with van der Waals surface area (Å²) in [6.45, 7) is 3.17. The van der Waals surface area contributed by atoms with Gasteiger partial charge in [-0.25, -0.2) is 4.39 Å². The van der Waals surface area contributed by atoms with Gasteiger partial charge in [-0.15, -0.1) is 0 Å². The number of ether oxygens (including phenoxy) is 2. The molecule has 0 fully saturated rings. The van der Waals surface area contributed by atoms with E-state index in [-0.39, 0.29) is 11.9 Å². The van der Waals surface area contributed by atoms with E-state index in [0.29, 0.717) is 30.0 Å². The van der Waals surface area contributed by atoms with Crippen molar-refractivity contribution in [2.75, 3.05) is 19.8 Å². The molecule has 0 aliphatic carbocycles.